The summed E-state index contributed by atoms with van der Waals surface area (Å²) in [5, 5.41) is 18.9. The van der Waals surface area contributed by atoms with Crippen molar-refractivity contribution in [3.05, 3.63) is 30.6 Å². The van der Waals surface area contributed by atoms with Gasteiger partial charge in [-0.05, 0) is 12.1 Å². The van der Waals surface area contributed by atoms with Gasteiger partial charge in [-0.3, -0.25) is 4.79 Å². The highest BCUT2D eigenvalue weighted by Gasteiger charge is 2.32. The first kappa shape index (κ1) is 13.1. The van der Waals surface area contributed by atoms with Crippen LogP contribution in [0.4, 0.5) is 0 Å². The number of amides is 1. The molecule has 3 rings (SSSR count). The SMILES string of the molecule is O=C(CCn1cnc2ccccc21)N1C[C@@H](O)[C@@H](O)C1. The average Bonchev–Trinajstić information content (AvgIpc) is 3.01. The number of aliphatic hydroxyl groups is 2. The molecule has 0 radical (unpaired) electrons. The lowest BCUT2D eigenvalue weighted by molar-refractivity contribution is -0.130. The molecule has 0 unspecified atom stereocenters. The first-order valence-corrected chi connectivity index (χ1v) is 6.69. The lowest BCUT2D eigenvalue weighted by Crippen LogP contribution is -2.30. The molecule has 2 heterocycles. The number of aliphatic hydroxyl groups excluding tert-OH is 2. The minimum atomic E-state index is -0.826. The minimum absolute atomic E-state index is 0.0571. The van der Waals surface area contributed by atoms with Gasteiger partial charge in [0, 0.05) is 26.1 Å². The van der Waals surface area contributed by atoms with Crippen molar-refractivity contribution in [3.8, 4) is 0 Å². The van der Waals surface area contributed by atoms with E-state index in [0.29, 0.717) is 13.0 Å². The van der Waals surface area contributed by atoms with Crippen LogP contribution in [0.3, 0.4) is 0 Å². The molecule has 0 saturated carbocycles. The Labute approximate surface area is 116 Å². The number of imidazole rings is 1. The van der Waals surface area contributed by atoms with Crippen molar-refractivity contribution in [1.29, 1.82) is 0 Å². The Morgan fingerprint density at radius 2 is 1.95 bits per heavy atom. The highest BCUT2D eigenvalue weighted by Crippen LogP contribution is 2.14. The van der Waals surface area contributed by atoms with E-state index in [9.17, 15) is 15.0 Å². The molecule has 106 valence electrons. The van der Waals surface area contributed by atoms with Gasteiger partial charge in [-0.1, -0.05) is 12.1 Å². The third-order valence-corrected chi connectivity index (χ3v) is 3.71. The molecule has 1 aliphatic heterocycles. The molecule has 0 bridgehead atoms. The standard InChI is InChI=1S/C14H17N3O3/c18-12-7-17(8-13(12)19)14(20)5-6-16-9-15-10-3-1-2-4-11(10)16/h1-4,9,12-13,18-19H,5-8H2/t12-,13+. The van der Waals surface area contributed by atoms with Crippen molar-refractivity contribution in [3.63, 3.8) is 0 Å². The zero-order chi connectivity index (χ0) is 14.1. The molecule has 6 nitrogen and oxygen atoms in total. The van der Waals surface area contributed by atoms with Gasteiger partial charge in [0.1, 0.15) is 0 Å². The van der Waals surface area contributed by atoms with Crippen LogP contribution < -0.4 is 0 Å². The maximum atomic E-state index is 12.0. The van der Waals surface area contributed by atoms with Crippen molar-refractivity contribution in [2.24, 2.45) is 0 Å². The fourth-order valence-corrected chi connectivity index (χ4v) is 2.54. The molecule has 20 heavy (non-hydrogen) atoms. The van der Waals surface area contributed by atoms with Crippen LogP contribution in [0, 0.1) is 0 Å². The van der Waals surface area contributed by atoms with Crippen LogP contribution in [0.2, 0.25) is 0 Å². The number of hydrogen-bond acceptors (Lipinski definition) is 4. The maximum absolute atomic E-state index is 12.0. The monoisotopic (exact) mass is 275 g/mol. The highest BCUT2D eigenvalue weighted by atomic mass is 16.3. The number of aromatic nitrogens is 2. The second-order valence-corrected chi connectivity index (χ2v) is 5.11. The number of rotatable bonds is 3. The lowest BCUT2D eigenvalue weighted by atomic mass is 10.3. The van der Waals surface area contributed by atoms with Gasteiger partial charge in [0.15, 0.2) is 0 Å². The maximum Gasteiger partial charge on any atom is 0.224 e. The largest absolute Gasteiger partial charge is 0.388 e. The van der Waals surface area contributed by atoms with Crippen molar-refractivity contribution in [2.75, 3.05) is 13.1 Å². The predicted molar refractivity (Wildman–Crippen MR) is 72.9 cm³/mol. The third-order valence-electron chi connectivity index (χ3n) is 3.71. The molecule has 6 heteroatoms. The Kier molecular flexibility index (Phi) is 3.42. The number of benzene rings is 1. The van der Waals surface area contributed by atoms with E-state index in [4.69, 9.17) is 0 Å². The van der Waals surface area contributed by atoms with E-state index in [1.165, 1.54) is 4.90 Å². The van der Waals surface area contributed by atoms with E-state index in [2.05, 4.69) is 4.98 Å². The molecule has 0 spiro atoms. The number of hydrogen-bond donors (Lipinski definition) is 2. The molecule has 1 aromatic heterocycles. The molecule has 2 N–H and O–H groups in total. The Bertz CT molecular complexity index is 615. The highest BCUT2D eigenvalue weighted by molar-refractivity contribution is 5.78. The molecule has 0 aliphatic carbocycles. The summed E-state index contributed by atoms with van der Waals surface area (Å²) in [5.74, 6) is -0.0571. The summed E-state index contributed by atoms with van der Waals surface area (Å²) in [5.41, 5.74) is 1.91. The summed E-state index contributed by atoms with van der Waals surface area (Å²) < 4.78 is 1.94. The predicted octanol–water partition coefficient (Wildman–Crippen LogP) is -0.00960. The quantitative estimate of drug-likeness (QED) is 0.826. The van der Waals surface area contributed by atoms with Crippen molar-refractivity contribution >= 4 is 16.9 Å². The molecule has 1 saturated heterocycles. The smallest absolute Gasteiger partial charge is 0.224 e. The van der Waals surface area contributed by atoms with Gasteiger partial charge >= 0.3 is 0 Å². The van der Waals surface area contributed by atoms with Crippen molar-refractivity contribution in [2.45, 2.75) is 25.2 Å². The summed E-state index contributed by atoms with van der Waals surface area (Å²) in [7, 11) is 0. The van der Waals surface area contributed by atoms with E-state index in [0.717, 1.165) is 11.0 Å². The number of β-amino-alcohol motifs (C(OH)–C–C–N with tert-alkyl or cyclic N) is 2. The van der Waals surface area contributed by atoms with Gasteiger partial charge in [0.05, 0.1) is 29.6 Å². The second-order valence-electron chi connectivity index (χ2n) is 5.11. The average molecular weight is 275 g/mol. The van der Waals surface area contributed by atoms with Gasteiger partial charge in [-0.25, -0.2) is 4.98 Å². The first-order valence-electron chi connectivity index (χ1n) is 6.69. The molecule has 2 atom stereocenters. The van der Waals surface area contributed by atoms with Crippen molar-refractivity contribution < 1.29 is 15.0 Å². The van der Waals surface area contributed by atoms with Gasteiger partial charge in [-0.15, -0.1) is 0 Å². The minimum Gasteiger partial charge on any atom is -0.388 e. The third kappa shape index (κ3) is 2.39. The number of nitrogens with zero attached hydrogens (tertiary/aromatic N) is 3. The summed E-state index contributed by atoms with van der Waals surface area (Å²) in [6.45, 7) is 0.970. The molecular weight excluding hydrogens is 258 g/mol. The fraction of sp³-hybridized carbons (Fsp3) is 0.429. The van der Waals surface area contributed by atoms with Crippen LogP contribution in [-0.2, 0) is 11.3 Å². The van der Waals surface area contributed by atoms with E-state index in [1.54, 1.807) is 6.33 Å². The van der Waals surface area contributed by atoms with Crippen LogP contribution in [0.15, 0.2) is 30.6 Å². The zero-order valence-corrected chi connectivity index (χ0v) is 11.0. The Balaban J connectivity index is 1.63. The molecule has 1 aliphatic rings. The Morgan fingerprint density at radius 3 is 2.70 bits per heavy atom. The Morgan fingerprint density at radius 1 is 1.25 bits per heavy atom. The Hall–Kier alpha value is -1.92. The first-order chi connectivity index (χ1) is 9.65. The molecule has 1 fully saturated rings. The van der Waals surface area contributed by atoms with Gasteiger partial charge < -0.3 is 19.7 Å². The summed E-state index contributed by atoms with van der Waals surface area (Å²) >= 11 is 0. The fourth-order valence-electron chi connectivity index (χ4n) is 2.54. The molecule has 2 aromatic rings. The van der Waals surface area contributed by atoms with E-state index in [1.807, 2.05) is 28.8 Å². The second kappa shape index (κ2) is 5.22. The zero-order valence-electron chi connectivity index (χ0n) is 11.0. The van der Waals surface area contributed by atoms with Crippen LogP contribution >= 0.6 is 0 Å². The lowest BCUT2D eigenvalue weighted by Gasteiger charge is -2.15. The number of fused-ring (bicyclic) bond motifs is 1. The summed E-state index contributed by atoms with van der Waals surface area (Å²) in [4.78, 5) is 17.8. The van der Waals surface area contributed by atoms with Crippen LogP contribution in [-0.4, -0.2) is 55.9 Å². The molecule has 1 aromatic carbocycles. The molecule has 1 amide bonds. The molecular formula is C14H17N3O3. The van der Waals surface area contributed by atoms with Gasteiger partial charge in [0.2, 0.25) is 5.91 Å². The van der Waals surface area contributed by atoms with E-state index < -0.39 is 12.2 Å². The van der Waals surface area contributed by atoms with Crippen LogP contribution in [0.5, 0.6) is 0 Å². The number of likely N-dealkylation sites (tertiary alicyclic amines) is 1. The number of aryl methyl sites for hydroxylation is 1. The normalized spacial score (nSPS) is 22.6. The van der Waals surface area contributed by atoms with E-state index >= 15 is 0 Å². The number of carbonyl (C=O) groups excluding carboxylic acids is 1. The summed E-state index contributed by atoms with van der Waals surface area (Å²) in [6.07, 6.45) is 0.409. The number of carbonyl (C=O) groups is 1. The topological polar surface area (TPSA) is 78.6 Å². The van der Waals surface area contributed by atoms with Crippen LogP contribution in [0.25, 0.3) is 11.0 Å². The number of para-hydroxylation sites is 2. The van der Waals surface area contributed by atoms with Gasteiger partial charge in [-0.2, -0.15) is 0 Å². The van der Waals surface area contributed by atoms with Gasteiger partial charge in [0.25, 0.3) is 0 Å². The van der Waals surface area contributed by atoms with Crippen molar-refractivity contribution in [1.82, 2.24) is 14.5 Å². The summed E-state index contributed by atoms with van der Waals surface area (Å²) in [6, 6.07) is 7.77. The van der Waals surface area contributed by atoms with E-state index in [-0.39, 0.29) is 19.0 Å². The van der Waals surface area contributed by atoms with Crippen LogP contribution in [0.1, 0.15) is 6.42 Å².